The van der Waals surface area contributed by atoms with Crippen LogP contribution in [-0.2, 0) is 22.4 Å². The fourth-order valence-electron chi connectivity index (χ4n) is 3.16. The fourth-order valence-corrected chi connectivity index (χ4v) is 3.38. The third kappa shape index (κ3) is 4.25. The monoisotopic (exact) mass is 372 g/mol. The molecule has 0 N–H and O–H groups in total. The van der Waals surface area contributed by atoms with Crippen LogP contribution >= 0.6 is 11.6 Å². The van der Waals surface area contributed by atoms with Crippen molar-refractivity contribution in [2.75, 3.05) is 6.61 Å². The summed E-state index contributed by atoms with van der Waals surface area (Å²) in [5.41, 5.74) is 3.93. The summed E-state index contributed by atoms with van der Waals surface area (Å²) < 4.78 is 10.7. The van der Waals surface area contributed by atoms with Crippen molar-refractivity contribution in [2.45, 2.75) is 39.2 Å². The van der Waals surface area contributed by atoms with Crippen molar-refractivity contribution in [3.63, 3.8) is 0 Å². The molecular formula is C21H21ClO4. The van der Waals surface area contributed by atoms with E-state index in [0.29, 0.717) is 16.3 Å². The first-order valence-corrected chi connectivity index (χ1v) is 9.06. The largest absolute Gasteiger partial charge is 0.482 e. The van der Waals surface area contributed by atoms with Crippen molar-refractivity contribution in [2.24, 2.45) is 0 Å². The number of fused-ring (bicyclic) bond motifs is 1. The van der Waals surface area contributed by atoms with Gasteiger partial charge >= 0.3 is 5.97 Å². The van der Waals surface area contributed by atoms with Crippen LogP contribution in [0.3, 0.4) is 0 Å². The summed E-state index contributed by atoms with van der Waals surface area (Å²) in [5.74, 6) is -0.221. The van der Waals surface area contributed by atoms with E-state index in [1.165, 1.54) is 11.1 Å². The van der Waals surface area contributed by atoms with Crippen molar-refractivity contribution in [3.8, 4) is 5.75 Å². The molecule has 0 amide bonds. The smallest absolute Gasteiger partial charge is 0.344 e. The van der Waals surface area contributed by atoms with Crippen LogP contribution in [0.25, 0.3) is 0 Å². The number of rotatable bonds is 6. The molecule has 2 aromatic carbocycles. The van der Waals surface area contributed by atoms with Crippen LogP contribution < -0.4 is 4.74 Å². The highest BCUT2D eigenvalue weighted by atomic mass is 35.5. The number of esters is 1. The molecule has 0 bridgehead atoms. The van der Waals surface area contributed by atoms with Gasteiger partial charge in [0.15, 0.2) is 12.7 Å². The molecule has 4 nitrogen and oxygen atoms in total. The van der Waals surface area contributed by atoms with Gasteiger partial charge in [0.05, 0.1) is 0 Å². The Morgan fingerprint density at radius 1 is 1.12 bits per heavy atom. The predicted octanol–water partition coefficient (Wildman–Crippen LogP) is 4.33. The van der Waals surface area contributed by atoms with E-state index in [1.807, 2.05) is 25.1 Å². The minimum atomic E-state index is -0.850. The minimum Gasteiger partial charge on any atom is -0.482 e. The Morgan fingerprint density at radius 2 is 1.88 bits per heavy atom. The molecule has 26 heavy (non-hydrogen) atoms. The summed E-state index contributed by atoms with van der Waals surface area (Å²) in [5, 5.41) is 0.603. The van der Waals surface area contributed by atoms with Crippen LogP contribution in [0.4, 0.5) is 0 Å². The van der Waals surface area contributed by atoms with Crippen LogP contribution in [0.15, 0.2) is 36.4 Å². The maximum atomic E-state index is 12.5. The van der Waals surface area contributed by atoms with Crippen LogP contribution in [0.2, 0.25) is 5.02 Å². The topological polar surface area (TPSA) is 52.6 Å². The van der Waals surface area contributed by atoms with Crippen molar-refractivity contribution in [1.29, 1.82) is 0 Å². The Balaban J connectivity index is 1.56. The van der Waals surface area contributed by atoms with Gasteiger partial charge in [0.25, 0.3) is 0 Å². The SMILES string of the molecule is Cc1cc(Cl)ccc1OCC(=O)O[C@@H](C)C(=O)c1ccc2c(c1)CCC2. The lowest BCUT2D eigenvalue weighted by Crippen LogP contribution is -2.27. The summed E-state index contributed by atoms with van der Waals surface area (Å²) in [4.78, 5) is 24.5. The molecule has 0 fully saturated rings. The van der Waals surface area contributed by atoms with Crippen molar-refractivity contribution >= 4 is 23.4 Å². The van der Waals surface area contributed by atoms with Gasteiger partial charge in [-0.1, -0.05) is 23.7 Å². The number of hydrogen-bond donors (Lipinski definition) is 0. The van der Waals surface area contributed by atoms with Gasteiger partial charge in [0.1, 0.15) is 5.75 Å². The Bertz CT molecular complexity index is 844. The molecule has 1 aliphatic rings. The van der Waals surface area contributed by atoms with Crippen LogP contribution in [0, 0.1) is 6.92 Å². The summed E-state index contributed by atoms with van der Waals surface area (Å²) >= 11 is 5.89. The molecule has 0 unspecified atom stereocenters. The average Bonchev–Trinajstić information content (AvgIpc) is 3.08. The van der Waals surface area contributed by atoms with Gasteiger partial charge in [-0.15, -0.1) is 0 Å². The Kier molecular flexibility index (Phi) is 5.62. The van der Waals surface area contributed by atoms with E-state index in [0.717, 1.165) is 24.8 Å². The molecule has 136 valence electrons. The highest BCUT2D eigenvalue weighted by molar-refractivity contribution is 6.30. The van der Waals surface area contributed by atoms with Crippen molar-refractivity contribution in [3.05, 3.63) is 63.7 Å². The first kappa shape index (κ1) is 18.5. The van der Waals surface area contributed by atoms with E-state index in [2.05, 4.69) is 0 Å². The molecule has 0 radical (unpaired) electrons. The summed E-state index contributed by atoms with van der Waals surface area (Å²) in [7, 11) is 0. The third-order valence-electron chi connectivity index (χ3n) is 4.54. The molecule has 3 rings (SSSR count). The van der Waals surface area contributed by atoms with E-state index < -0.39 is 12.1 Å². The molecular weight excluding hydrogens is 352 g/mol. The first-order valence-electron chi connectivity index (χ1n) is 8.68. The molecule has 0 aliphatic heterocycles. The Labute approximate surface area is 158 Å². The second-order valence-corrected chi connectivity index (χ2v) is 6.97. The number of carbonyl (C=O) groups excluding carboxylic acids is 2. The van der Waals surface area contributed by atoms with Crippen molar-refractivity contribution < 1.29 is 19.1 Å². The zero-order valence-electron chi connectivity index (χ0n) is 14.9. The van der Waals surface area contributed by atoms with Gasteiger partial charge in [-0.25, -0.2) is 4.79 Å². The van der Waals surface area contributed by atoms with Gasteiger partial charge in [0.2, 0.25) is 5.78 Å². The number of halogens is 1. The Morgan fingerprint density at radius 3 is 2.65 bits per heavy atom. The predicted molar refractivity (Wildman–Crippen MR) is 100 cm³/mol. The van der Waals surface area contributed by atoms with E-state index >= 15 is 0 Å². The van der Waals surface area contributed by atoms with Gasteiger partial charge < -0.3 is 9.47 Å². The zero-order chi connectivity index (χ0) is 18.7. The second kappa shape index (κ2) is 7.92. The first-order chi connectivity index (χ1) is 12.4. The summed E-state index contributed by atoms with van der Waals surface area (Å²) in [6, 6.07) is 10.9. The van der Waals surface area contributed by atoms with Gasteiger partial charge in [-0.3, -0.25) is 4.79 Å². The lowest BCUT2D eigenvalue weighted by molar-refractivity contribution is -0.148. The lowest BCUT2D eigenvalue weighted by Gasteiger charge is -2.14. The van der Waals surface area contributed by atoms with Gasteiger partial charge in [-0.2, -0.15) is 0 Å². The maximum Gasteiger partial charge on any atom is 0.344 e. The van der Waals surface area contributed by atoms with E-state index in [-0.39, 0.29) is 12.4 Å². The molecule has 0 spiro atoms. The van der Waals surface area contributed by atoms with Crippen LogP contribution in [0.5, 0.6) is 5.75 Å². The molecule has 0 aromatic heterocycles. The summed E-state index contributed by atoms with van der Waals surface area (Å²) in [6.45, 7) is 3.16. The van der Waals surface area contributed by atoms with Crippen LogP contribution in [0.1, 0.15) is 40.4 Å². The molecule has 0 saturated carbocycles. The zero-order valence-corrected chi connectivity index (χ0v) is 15.6. The third-order valence-corrected chi connectivity index (χ3v) is 4.78. The van der Waals surface area contributed by atoms with Gasteiger partial charge in [0, 0.05) is 10.6 Å². The lowest BCUT2D eigenvalue weighted by atomic mass is 10.0. The van der Waals surface area contributed by atoms with E-state index in [1.54, 1.807) is 25.1 Å². The van der Waals surface area contributed by atoms with E-state index in [9.17, 15) is 9.59 Å². The fraction of sp³-hybridized carbons (Fsp3) is 0.333. The number of carbonyl (C=O) groups is 2. The quantitative estimate of drug-likeness (QED) is 0.559. The minimum absolute atomic E-state index is 0.198. The van der Waals surface area contributed by atoms with E-state index in [4.69, 9.17) is 21.1 Å². The number of ketones is 1. The number of hydrogen-bond acceptors (Lipinski definition) is 4. The normalized spacial score (nSPS) is 13.8. The summed E-state index contributed by atoms with van der Waals surface area (Å²) in [6.07, 6.45) is 2.34. The molecule has 1 aliphatic carbocycles. The number of Topliss-reactive ketones (excluding diaryl/α,β-unsaturated/α-hetero) is 1. The number of aryl methyl sites for hydroxylation is 3. The maximum absolute atomic E-state index is 12.5. The molecule has 0 heterocycles. The van der Waals surface area contributed by atoms with Crippen molar-refractivity contribution in [1.82, 2.24) is 0 Å². The highest BCUT2D eigenvalue weighted by Gasteiger charge is 2.21. The number of ether oxygens (including phenoxy) is 2. The average molecular weight is 373 g/mol. The van der Waals surface area contributed by atoms with Gasteiger partial charge in [-0.05, 0) is 74.1 Å². The second-order valence-electron chi connectivity index (χ2n) is 6.53. The Hall–Kier alpha value is -2.33. The van der Waals surface area contributed by atoms with Crippen LogP contribution in [-0.4, -0.2) is 24.5 Å². The molecule has 1 atom stereocenters. The molecule has 5 heteroatoms. The highest BCUT2D eigenvalue weighted by Crippen LogP contribution is 2.24. The molecule has 2 aromatic rings. The number of benzene rings is 2. The molecule has 0 saturated heterocycles. The standard InChI is InChI=1S/C21H21ClO4/c1-13-10-18(22)8-9-19(13)25-12-20(23)26-14(2)21(24)17-7-6-15-4-3-5-16(15)11-17/h6-11,14H,3-5,12H2,1-2H3/t14-/m0/s1.